The van der Waals surface area contributed by atoms with Crippen LogP contribution in [0.1, 0.15) is 16.7 Å². The summed E-state index contributed by atoms with van der Waals surface area (Å²) in [4.78, 5) is 12.4. The van der Waals surface area contributed by atoms with E-state index in [2.05, 4.69) is 44.0 Å². The van der Waals surface area contributed by atoms with Crippen molar-refractivity contribution in [1.29, 1.82) is 0 Å². The first-order chi connectivity index (χ1) is 16.1. The van der Waals surface area contributed by atoms with Gasteiger partial charge in [-0.15, -0.1) is 5.10 Å². The van der Waals surface area contributed by atoms with E-state index < -0.39 is 0 Å². The molecule has 0 aliphatic carbocycles. The molecule has 3 heterocycles. The van der Waals surface area contributed by atoms with Crippen molar-refractivity contribution in [2.24, 2.45) is 0 Å². The van der Waals surface area contributed by atoms with Gasteiger partial charge in [0.1, 0.15) is 17.6 Å². The SMILES string of the molecule is Cc1ccc2c(Cn3c[n+](Cn4nnc5ccccc54)c4ccccc43)cc(=O)oc2c1C.[Cl-]. The molecule has 170 valence electrons. The van der Waals surface area contributed by atoms with Crippen LogP contribution in [0.2, 0.25) is 0 Å². The van der Waals surface area contributed by atoms with E-state index in [0.717, 1.165) is 44.1 Å². The highest BCUT2D eigenvalue weighted by Gasteiger charge is 2.19. The molecule has 0 aliphatic heterocycles. The molecule has 0 radical (unpaired) electrons. The van der Waals surface area contributed by atoms with Gasteiger partial charge < -0.3 is 16.8 Å². The van der Waals surface area contributed by atoms with Crippen LogP contribution in [0.25, 0.3) is 33.0 Å². The summed E-state index contributed by atoms with van der Waals surface area (Å²) in [6, 6.07) is 21.9. The van der Waals surface area contributed by atoms with E-state index in [-0.39, 0.29) is 18.0 Å². The molecule has 6 aromatic rings. The van der Waals surface area contributed by atoms with Crippen LogP contribution in [0.3, 0.4) is 0 Å². The molecule has 34 heavy (non-hydrogen) atoms. The Hall–Kier alpha value is -3.97. The predicted molar refractivity (Wildman–Crippen MR) is 126 cm³/mol. The fourth-order valence-electron chi connectivity index (χ4n) is 4.49. The van der Waals surface area contributed by atoms with Crippen LogP contribution < -0.4 is 22.6 Å². The average molecular weight is 472 g/mol. The molecular formula is C26H22ClN5O2. The molecule has 0 spiro atoms. The standard InChI is InChI=1S/C26H22N5O2.ClH/c1-17-11-12-20-19(13-25(32)33-26(20)18(17)2)14-29-15-30(24-10-6-5-9-23(24)29)16-31-22-8-4-3-7-21(22)27-28-31;/h3-13,15H,14,16H2,1-2H3;1H/q+1;/p-1. The van der Waals surface area contributed by atoms with E-state index >= 15 is 0 Å². The van der Waals surface area contributed by atoms with Crippen LogP contribution in [0.4, 0.5) is 0 Å². The van der Waals surface area contributed by atoms with Crippen LogP contribution in [0.5, 0.6) is 0 Å². The van der Waals surface area contributed by atoms with Crippen molar-refractivity contribution in [2.75, 3.05) is 0 Å². The van der Waals surface area contributed by atoms with Crippen LogP contribution in [0.15, 0.2) is 82.3 Å². The number of aromatic nitrogens is 5. The number of aryl methyl sites for hydroxylation is 2. The highest BCUT2D eigenvalue weighted by molar-refractivity contribution is 5.84. The lowest BCUT2D eigenvalue weighted by molar-refractivity contribution is -0.677. The van der Waals surface area contributed by atoms with Gasteiger partial charge in [0.15, 0.2) is 17.7 Å². The lowest BCUT2D eigenvalue weighted by atomic mass is 10.0. The van der Waals surface area contributed by atoms with Crippen molar-refractivity contribution in [2.45, 2.75) is 27.1 Å². The fraction of sp³-hybridized carbons (Fsp3) is 0.154. The molecule has 0 atom stereocenters. The lowest BCUT2D eigenvalue weighted by Crippen LogP contribution is -3.00. The average Bonchev–Trinajstić information content (AvgIpc) is 3.39. The molecule has 0 bridgehead atoms. The molecule has 0 amide bonds. The van der Waals surface area contributed by atoms with Gasteiger partial charge in [0, 0.05) is 17.0 Å². The lowest BCUT2D eigenvalue weighted by Gasteiger charge is -2.08. The van der Waals surface area contributed by atoms with Gasteiger partial charge in [0.25, 0.3) is 0 Å². The van der Waals surface area contributed by atoms with E-state index in [1.54, 1.807) is 6.07 Å². The number of halogens is 1. The Morgan fingerprint density at radius 2 is 1.74 bits per heavy atom. The summed E-state index contributed by atoms with van der Waals surface area (Å²) in [6.07, 6.45) is 2.07. The van der Waals surface area contributed by atoms with Crippen molar-refractivity contribution >= 4 is 33.0 Å². The van der Waals surface area contributed by atoms with Gasteiger partial charge >= 0.3 is 5.63 Å². The third-order valence-electron chi connectivity index (χ3n) is 6.34. The molecule has 3 aromatic heterocycles. The largest absolute Gasteiger partial charge is 1.00 e. The number of nitrogens with zero attached hydrogens (tertiary/aromatic N) is 5. The molecule has 0 unspecified atom stereocenters. The van der Waals surface area contributed by atoms with Crippen molar-refractivity contribution in [3.8, 4) is 0 Å². The van der Waals surface area contributed by atoms with Crippen molar-refractivity contribution in [3.63, 3.8) is 0 Å². The third kappa shape index (κ3) is 3.54. The topological polar surface area (TPSA) is 69.7 Å². The Kier molecular flexibility index (Phi) is 5.42. The predicted octanol–water partition coefficient (Wildman–Crippen LogP) is 0.955. The quantitative estimate of drug-likeness (QED) is 0.283. The van der Waals surface area contributed by atoms with E-state index in [1.165, 1.54) is 0 Å². The summed E-state index contributed by atoms with van der Waals surface area (Å²) < 4.78 is 11.8. The Morgan fingerprint density at radius 1 is 0.971 bits per heavy atom. The normalized spacial score (nSPS) is 11.4. The summed E-state index contributed by atoms with van der Waals surface area (Å²) in [6.45, 7) is 5.10. The van der Waals surface area contributed by atoms with Gasteiger partial charge in [-0.2, -0.15) is 0 Å². The van der Waals surface area contributed by atoms with Crippen molar-refractivity contribution < 1.29 is 21.4 Å². The smallest absolute Gasteiger partial charge is 0.336 e. The Balaban J connectivity index is 0.00000241. The Bertz CT molecular complexity index is 1730. The Labute approximate surface area is 201 Å². The van der Waals surface area contributed by atoms with Gasteiger partial charge in [-0.25, -0.2) is 18.6 Å². The number of rotatable bonds is 4. The first-order valence-electron chi connectivity index (χ1n) is 10.9. The van der Waals surface area contributed by atoms with Gasteiger partial charge in [-0.1, -0.05) is 41.6 Å². The summed E-state index contributed by atoms with van der Waals surface area (Å²) in [5.74, 6) is 0. The van der Waals surface area contributed by atoms with Crippen LogP contribution in [-0.4, -0.2) is 19.6 Å². The van der Waals surface area contributed by atoms with E-state index in [1.807, 2.05) is 61.0 Å². The maximum Gasteiger partial charge on any atom is 0.336 e. The summed E-state index contributed by atoms with van der Waals surface area (Å²) in [7, 11) is 0. The van der Waals surface area contributed by atoms with Gasteiger partial charge in [-0.3, -0.25) is 0 Å². The van der Waals surface area contributed by atoms with Crippen LogP contribution >= 0.6 is 0 Å². The number of para-hydroxylation sites is 3. The van der Waals surface area contributed by atoms with Crippen LogP contribution in [-0.2, 0) is 13.2 Å². The molecule has 0 aliphatic rings. The molecule has 0 fully saturated rings. The molecule has 6 rings (SSSR count). The second kappa shape index (κ2) is 8.43. The number of hydrogen-bond donors (Lipinski definition) is 0. The molecule has 0 N–H and O–H groups in total. The minimum Gasteiger partial charge on any atom is -1.00 e. The summed E-state index contributed by atoms with van der Waals surface area (Å²) in [5, 5.41) is 9.58. The van der Waals surface area contributed by atoms with Crippen molar-refractivity contribution in [3.05, 3.63) is 100 Å². The number of imidazole rings is 1. The molecule has 0 saturated carbocycles. The molecule has 3 aromatic carbocycles. The minimum atomic E-state index is -0.329. The minimum absolute atomic E-state index is 0. The fourth-order valence-corrected chi connectivity index (χ4v) is 4.49. The third-order valence-corrected chi connectivity index (χ3v) is 6.34. The number of hydrogen-bond acceptors (Lipinski definition) is 4. The number of benzene rings is 3. The molecule has 7 nitrogen and oxygen atoms in total. The van der Waals surface area contributed by atoms with E-state index in [0.29, 0.717) is 18.8 Å². The molecule has 0 saturated heterocycles. The maximum atomic E-state index is 12.4. The van der Waals surface area contributed by atoms with Crippen molar-refractivity contribution in [1.82, 2.24) is 19.6 Å². The second-order valence-corrected chi connectivity index (χ2v) is 8.40. The second-order valence-electron chi connectivity index (χ2n) is 8.40. The zero-order valence-corrected chi connectivity index (χ0v) is 19.5. The van der Waals surface area contributed by atoms with Gasteiger partial charge in [0.2, 0.25) is 6.33 Å². The maximum absolute atomic E-state index is 12.4. The van der Waals surface area contributed by atoms with Crippen LogP contribution in [0, 0.1) is 13.8 Å². The molecular weight excluding hydrogens is 450 g/mol. The molecule has 8 heteroatoms. The van der Waals surface area contributed by atoms with E-state index in [4.69, 9.17) is 4.42 Å². The van der Waals surface area contributed by atoms with Gasteiger partial charge in [-0.05, 0) is 49.2 Å². The monoisotopic (exact) mass is 471 g/mol. The highest BCUT2D eigenvalue weighted by atomic mass is 35.5. The van der Waals surface area contributed by atoms with E-state index in [9.17, 15) is 4.79 Å². The Morgan fingerprint density at radius 3 is 2.59 bits per heavy atom. The zero-order chi connectivity index (χ0) is 22.5. The zero-order valence-electron chi connectivity index (χ0n) is 18.8. The van der Waals surface area contributed by atoms with Gasteiger partial charge in [0.05, 0.1) is 5.52 Å². The highest BCUT2D eigenvalue weighted by Crippen LogP contribution is 2.24. The summed E-state index contributed by atoms with van der Waals surface area (Å²) >= 11 is 0. The first-order valence-corrected chi connectivity index (χ1v) is 10.9. The first kappa shape index (κ1) is 21.9. The summed E-state index contributed by atoms with van der Waals surface area (Å²) in [5.41, 5.74) is 7.38. The number of fused-ring (bicyclic) bond motifs is 3.